The number of hydrogen-bond donors (Lipinski definition) is 2. The van der Waals surface area contributed by atoms with E-state index >= 15 is 0 Å². The van der Waals surface area contributed by atoms with Crippen molar-refractivity contribution in [3.8, 4) is 5.75 Å². The van der Waals surface area contributed by atoms with Crippen LogP contribution in [0.2, 0.25) is 0 Å². The van der Waals surface area contributed by atoms with Gasteiger partial charge in [0.2, 0.25) is 0 Å². The highest BCUT2D eigenvalue weighted by Gasteiger charge is 2.12. The van der Waals surface area contributed by atoms with E-state index in [1.807, 2.05) is 10.8 Å². The van der Waals surface area contributed by atoms with Gasteiger partial charge in [-0.1, -0.05) is 6.92 Å². The number of nitrogens with one attached hydrogen (secondary N) is 1. The van der Waals surface area contributed by atoms with Crippen molar-refractivity contribution in [2.45, 2.75) is 19.9 Å². The summed E-state index contributed by atoms with van der Waals surface area (Å²) in [4.78, 5) is 12.2. The van der Waals surface area contributed by atoms with Gasteiger partial charge >= 0.3 is 0 Å². The van der Waals surface area contributed by atoms with Crippen molar-refractivity contribution in [2.75, 3.05) is 5.32 Å². The Bertz CT molecular complexity index is 576. The Morgan fingerprint density at radius 1 is 1.37 bits per heavy atom. The molecule has 0 aliphatic rings. The molecule has 0 saturated carbocycles. The molecule has 1 heterocycles. The van der Waals surface area contributed by atoms with Crippen LogP contribution in [0, 0.1) is 0 Å². The molecule has 0 radical (unpaired) electrons. The first-order valence-electron chi connectivity index (χ1n) is 6.06. The van der Waals surface area contributed by atoms with Gasteiger partial charge in [-0.2, -0.15) is 0 Å². The van der Waals surface area contributed by atoms with Crippen LogP contribution in [0.3, 0.4) is 0 Å². The van der Waals surface area contributed by atoms with Crippen molar-refractivity contribution in [3.05, 3.63) is 46.7 Å². The van der Waals surface area contributed by atoms with Crippen LogP contribution in [-0.4, -0.2) is 15.6 Å². The number of aryl methyl sites for hydroxylation is 1. The van der Waals surface area contributed by atoms with Gasteiger partial charge in [-0.15, -0.1) is 0 Å². The molecule has 0 spiro atoms. The molecule has 0 atom stereocenters. The van der Waals surface area contributed by atoms with Gasteiger partial charge < -0.3 is 15.0 Å². The van der Waals surface area contributed by atoms with Crippen molar-refractivity contribution >= 4 is 27.5 Å². The predicted octanol–water partition coefficient (Wildman–Crippen LogP) is 3.62. The Morgan fingerprint density at radius 2 is 2.05 bits per heavy atom. The zero-order valence-corrected chi connectivity index (χ0v) is 12.1. The van der Waals surface area contributed by atoms with Gasteiger partial charge in [0, 0.05) is 22.9 Å². The number of aromatic nitrogens is 1. The summed E-state index contributed by atoms with van der Waals surface area (Å²) >= 11 is 3.38. The molecule has 0 unspecified atom stereocenters. The van der Waals surface area contributed by atoms with Crippen molar-refractivity contribution < 1.29 is 9.90 Å². The van der Waals surface area contributed by atoms with Crippen LogP contribution >= 0.6 is 15.9 Å². The smallest absolute Gasteiger partial charge is 0.272 e. The number of anilines is 1. The number of carbonyl (C=O) groups is 1. The summed E-state index contributed by atoms with van der Waals surface area (Å²) in [5.74, 6) is 0.0138. The lowest BCUT2D eigenvalue weighted by molar-refractivity contribution is 0.101. The van der Waals surface area contributed by atoms with E-state index in [-0.39, 0.29) is 11.7 Å². The second-order valence-corrected chi connectivity index (χ2v) is 5.15. The number of amides is 1. The van der Waals surface area contributed by atoms with Crippen molar-refractivity contribution in [2.24, 2.45) is 0 Å². The average Bonchev–Trinajstić information content (AvgIpc) is 2.74. The molecule has 0 aliphatic carbocycles. The number of phenolic OH excluding ortho intramolecular Hbond substituents is 1. The van der Waals surface area contributed by atoms with E-state index in [1.54, 1.807) is 18.2 Å². The summed E-state index contributed by atoms with van der Waals surface area (Å²) in [5, 5.41) is 12.0. The zero-order chi connectivity index (χ0) is 13.8. The van der Waals surface area contributed by atoms with Crippen LogP contribution in [0.25, 0.3) is 0 Å². The minimum absolute atomic E-state index is 0.162. The van der Waals surface area contributed by atoms with E-state index in [0.717, 1.165) is 17.4 Å². The number of halogens is 1. The van der Waals surface area contributed by atoms with Gasteiger partial charge in [-0.05, 0) is 52.7 Å². The lowest BCUT2D eigenvalue weighted by Gasteiger charge is -2.08. The van der Waals surface area contributed by atoms with E-state index in [2.05, 4.69) is 28.2 Å². The summed E-state index contributed by atoms with van der Waals surface area (Å²) in [5.41, 5.74) is 1.27. The molecule has 2 N–H and O–H groups in total. The SMILES string of the molecule is CCCn1cc(Br)cc1C(=O)Nc1ccc(O)cc1. The molecule has 1 aromatic carbocycles. The van der Waals surface area contributed by atoms with E-state index in [1.165, 1.54) is 12.1 Å². The maximum atomic E-state index is 12.2. The van der Waals surface area contributed by atoms with Crippen molar-refractivity contribution in [3.63, 3.8) is 0 Å². The average molecular weight is 323 g/mol. The normalized spacial score (nSPS) is 10.4. The van der Waals surface area contributed by atoms with Crippen molar-refractivity contribution in [1.29, 1.82) is 0 Å². The Labute approximate surface area is 120 Å². The molecule has 0 saturated heterocycles. The molecule has 0 aliphatic heterocycles. The fraction of sp³-hybridized carbons (Fsp3) is 0.214. The van der Waals surface area contributed by atoms with Crippen LogP contribution < -0.4 is 5.32 Å². The molecule has 1 amide bonds. The zero-order valence-electron chi connectivity index (χ0n) is 10.6. The molecule has 2 aromatic rings. The number of rotatable bonds is 4. The van der Waals surface area contributed by atoms with E-state index < -0.39 is 0 Å². The van der Waals surface area contributed by atoms with Gasteiger partial charge in [0.15, 0.2) is 0 Å². The molecule has 0 fully saturated rings. The number of hydrogen-bond acceptors (Lipinski definition) is 2. The van der Waals surface area contributed by atoms with E-state index in [0.29, 0.717) is 11.4 Å². The second kappa shape index (κ2) is 5.93. The molecule has 19 heavy (non-hydrogen) atoms. The first-order valence-corrected chi connectivity index (χ1v) is 6.85. The second-order valence-electron chi connectivity index (χ2n) is 4.24. The fourth-order valence-corrected chi connectivity index (χ4v) is 2.29. The van der Waals surface area contributed by atoms with Crippen LogP contribution in [-0.2, 0) is 6.54 Å². The summed E-state index contributed by atoms with van der Waals surface area (Å²) < 4.78 is 2.80. The largest absolute Gasteiger partial charge is 0.508 e. The fourth-order valence-electron chi connectivity index (χ4n) is 1.83. The third-order valence-corrected chi connectivity index (χ3v) is 3.12. The summed E-state index contributed by atoms with van der Waals surface area (Å²) in [7, 11) is 0. The molecular weight excluding hydrogens is 308 g/mol. The minimum Gasteiger partial charge on any atom is -0.508 e. The molecule has 0 bridgehead atoms. The van der Waals surface area contributed by atoms with Gasteiger partial charge in [0.1, 0.15) is 11.4 Å². The van der Waals surface area contributed by atoms with Crippen LogP contribution in [0.4, 0.5) is 5.69 Å². The van der Waals surface area contributed by atoms with E-state index in [9.17, 15) is 9.90 Å². The first kappa shape index (κ1) is 13.7. The first-order chi connectivity index (χ1) is 9.10. The van der Waals surface area contributed by atoms with Crippen molar-refractivity contribution in [1.82, 2.24) is 4.57 Å². The molecule has 4 nitrogen and oxygen atoms in total. The highest BCUT2D eigenvalue weighted by atomic mass is 79.9. The maximum absolute atomic E-state index is 12.2. The van der Waals surface area contributed by atoms with Gasteiger partial charge in [-0.25, -0.2) is 0 Å². The standard InChI is InChI=1S/C14H15BrN2O2/c1-2-7-17-9-10(15)8-13(17)14(19)16-11-3-5-12(18)6-4-11/h3-6,8-9,18H,2,7H2,1H3,(H,16,19). The van der Waals surface area contributed by atoms with Crippen LogP contribution in [0.1, 0.15) is 23.8 Å². The number of nitrogens with zero attached hydrogens (tertiary/aromatic N) is 1. The van der Waals surface area contributed by atoms with Crippen LogP contribution in [0.15, 0.2) is 41.0 Å². The third-order valence-electron chi connectivity index (χ3n) is 2.69. The topological polar surface area (TPSA) is 54.3 Å². The number of aromatic hydroxyl groups is 1. The Kier molecular flexibility index (Phi) is 4.27. The maximum Gasteiger partial charge on any atom is 0.272 e. The lowest BCUT2D eigenvalue weighted by Crippen LogP contribution is -2.16. The lowest BCUT2D eigenvalue weighted by atomic mass is 10.3. The Hall–Kier alpha value is -1.75. The molecule has 2 rings (SSSR count). The summed E-state index contributed by atoms with van der Waals surface area (Å²) in [6.07, 6.45) is 2.86. The summed E-state index contributed by atoms with van der Waals surface area (Å²) in [6.45, 7) is 2.86. The number of phenols is 1. The molecule has 1 aromatic heterocycles. The molecule has 100 valence electrons. The molecular formula is C14H15BrN2O2. The Balaban J connectivity index is 2.17. The van der Waals surface area contributed by atoms with Crippen LogP contribution in [0.5, 0.6) is 5.75 Å². The number of carbonyl (C=O) groups excluding carboxylic acids is 1. The Morgan fingerprint density at radius 3 is 2.68 bits per heavy atom. The minimum atomic E-state index is -0.162. The van der Waals surface area contributed by atoms with Gasteiger partial charge in [0.25, 0.3) is 5.91 Å². The quantitative estimate of drug-likeness (QED) is 0.845. The number of benzene rings is 1. The highest BCUT2D eigenvalue weighted by Crippen LogP contribution is 2.18. The predicted molar refractivity (Wildman–Crippen MR) is 78.5 cm³/mol. The van der Waals surface area contributed by atoms with Gasteiger partial charge in [-0.3, -0.25) is 4.79 Å². The van der Waals surface area contributed by atoms with Gasteiger partial charge in [0.05, 0.1) is 0 Å². The third kappa shape index (κ3) is 3.38. The summed E-state index contributed by atoms with van der Waals surface area (Å²) in [6, 6.07) is 8.20. The highest BCUT2D eigenvalue weighted by molar-refractivity contribution is 9.10. The molecule has 5 heteroatoms. The van der Waals surface area contributed by atoms with E-state index in [4.69, 9.17) is 0 Å². The monoisotopic (exact) mass is 322 g/mol.